The Balaban J connectivity index is 0.00000392. The lowest BCUT2D eigenvalue weighted by Gasteiger charge is -2.14. The second-order valence-electron chi connectivity index (χ2n) is 6.28. The van der Waals surface area contributed by atoms with Crippen LogP contribution in [0.1, 0.15) is 29.2 Å². The van der Waals surface area contributed by atoms with Crippen LogP contribution < -0.4 is 21.1 Å². The predicted octanol–water partition coefficient (Wildman–Crippen LogP) is 3.53. The van der Waals surface area contributed by atoms with Gasteiger partial charge in [0.15, 0.2) is 0 Å². The molecule has 0 radical (unpaired) electrons. The first-order chi connectivity index (χ1) is 12.8. The van der Waals surface area contributed by atoms with Crippen molar-refractivity contribution < 1.29 is 14.3 Å². The molecule has 0 saturated heterocycles. The number of nitrogens with two attached hydrogens (primary N) is 1. The Morgan fingerprint density at radius 1 is 1.18 bits per heavy atom. The van der Waals surface area contributed by atoms with Gasteiger partial charge in [-0.3, -0.25) is 9.59 Å². The summed E-state index contributed by atoms with van der Waals surface area (Å²) in [5.74, 6) is -0.102. The van der Waals surface area contributed by atoms with Crippen molar-refractivity contribution in [2.24, 2.45) is 5.73 Å². The van der Waals surface area contributed by atoms with Crippen LogP contribution in [0.15, 0.2) is 36.4 Å². The topological polar surface area (TPSA) is 93.5 Å². The van der Waals surface area contributed by atoms with Crippen molar-refractivity contribution in [3.8, 4) is 5.75 Å². The van der Waals surface area contributed by atoms with Crippen molar-refractivity contribution in [2.75, 3.05) is 19.0 Å². The zero-order valence-corrected chi connectivity index (χ0v) is 17.6. The average Bonchev–Trinajstić information content (AvgIpc) is 2.64. The van der Waals surface area contributed by atoms with Gasteiger partial charge in [-0.2, -0.15) is 0 Å². The summed E-state index contributed by atoms with van der Waals surface area (Å²) in [7, 11) is 1.50. The van der Waals surface area contributed by atoms with E-state index in [2.05, 4.69) is 10.6 Å². The van der Waals surface area contributed by atoms with Crippen LogP contribution in [-0.2, 0) is 9.59 Å². The highest BCUT2D eigenvalue weighted by molar-refractivity contribution is 6.31. The molecular weight excluding hydrogens is 401 g/mol. The molecule has 2 aromatic carbocycles. The molecular formula is C20H25Cl2N3O3. The third-order valence-electron chi connectivity index (χ3n) is 4.13. The summed E-state index contributed by atoms with van der Waals surface area (Å²) < 4.78 is 5.23. The summed E-state index contributed by atoms with van der Waals surface area (Å²) in [5, 5.41) is 6.01. The van der Waals surface area contributed by atoms with Crippen molar-refractivity contribution in [2.45, 2.75) is 26.3 Å². The van der Waals surface area contributed by atoms with E-state index in [9.17, 15) is 9.59 Å². The summed E-state index contributed by atoms with van der Waals surface area (Å²) in [5.41, 5.74) is 9.13. The number of halogens is 2. The zero-order chi connectivity index (χ0) is 20.0. The van der Waals surface area contributed by atoms with Crippen molar-refractivity contribution in [1.82, 2.24) is 5.32 Å². The lowest BCUT2D eigenvalue weighted by molar-refractivity contribution is -0.122. The number of ether oxygens (including phenoxy) is 1. The molecule has 28 heavy (non-hydrogen) atoms. The first-order valence-electron chi connectivity index (χ1n) is 8.55. The summed E-state index contributed by atoms with van der Waals surface area (Å²) in [6.45, 7) is 3.98. The van der Waals surface area contributed by atoms with E-state index in [0.717, 1.165) is 16.7 Å². The van der Waals surface area contributed by atoms with E-state index in [0.29, 0.717) is 16.5 Å². The van der Waals surface area contributed by atoms with Crippen molar-refractivity contribution >= 4 is 41.5 Å². The largest absolute Gasteiger partial charge is 0.495 e. The van der Waals surface area contributed by atoms with Gasteiger partial charge in [0.1, 0.15) is 11.8 Å². The fourth-order valence-corrected chi connectivity index (χ4v) is 2.63. The third-order valence-corrected chi connectivity index (χ3v) is 4.53. The quantitative estimate of drug-likeness (QED) is 0.632. The molecule has 0 aromatic heterocycles. The molecule has 0 spiro atoms. The second kappa shape index (κ2) is 10.9. The third kappa shape index (κ3) is 6.41. The highest BCUT2D eigenvalue weighted by atomic mass is 35.5. The molecule has 0 heterocycles. The molecule has 4 N–H and O–H groups in total. The standard InChI is InChI=1S/C20H24ClN3O3.ClH/c1-12-4-6-14(7-5-12)19(22)20(26)23-9-8-18(25)24-16-10-13(2)15(21)11-17(16)27-3;/h4-7,10-11,19H,8-9,22H2,1-3H3,(H,23,26)(H,24,25);1H. The maximum absolute atomic E-state index is 12.2. The number of rotatable bonds is 7. The minimum atomic E-state index is -0.771. The number of carbonyl (C=O) groups excluding carboxylic acids is 2. The average molecular weight is 426 g/mol. The van der Waals surface area contributed by atoms with E-state index < -0.39 is 6.04 Å². The minimum absolute atomic E-state index is 0. The van der Waals surface area contributed by atoms with Gasteiger partial charge in [-0.1, -0.05) is 41.4 Å². The Morgan fingerprint density at radius 3 is 2.43 bits per heavy atom. The summed E-state index contributed by atoms with van der Waals surface area (Å²) in [6, 6.07) is 10.1. The first kappa shape index (κ1) is 23.8. The Bertz CT molecular complexity index is 826. The number of amides is 2. The van der Waals surface area contributed by atoms with Crippen molar-refractivity contribution in [3.63, 3.8) is 0 Å². The predicted molar refractivity (Wildman–Crippen MR) is 114 cm³/mol. The molecule has 152 valence electrons. The molecule has 8 heteroatoms. The number of carbonyl (C=O) groups is 2. The van der Waals surface area contributed by atoms with Crippen LogP contribution in [0.25, 0.3) is 0 Å². The van der Waals surface area contributed by atoms with Gasteiger partial charge in [0.25, 0.3) is 0 Å². The Hall–Kier alpha value is -2.28. The van der Waals surface area contributed by atoms with Gasteiger partial charge in [-0.25, -0.2) is 0 Å². The van der Waals surface area contributed by atoms with Gasteiger partial charge < -0.3 is 21.1 Å². The lowest BCUT2D eigenvalue weighted by atomic mass is 10.1. The molecule has 0 aliphatic rings. The number of hydrogen-bond donors (Lipinski definition) is 3. The van der Waals surface area contributed by atoms with Crippen LogP contribution in [0, 0.1) is 13.8 Å². The van der Waals surface area contributed by atoms with Crippen LogP contribution >= 0.6 is 24.0 Å². The van der Waals surface area contributed by atoms with Gasteiger partial charge in [0, 0.05) is 24.1 Å². The molecule has 0 saturated carbocycles. The number of hydrogen-bond acceptors (Lipinski definition) is 4. The SMILES string of the molecule is COc1cc(Cl)c(C)cc1NC(=O)CCNC(=O)C(N)c1ccc(C)cc1.Cl. The first-order valence-corrected chi connectivity index (χ1v) is 8.93. The maximum Gasteiger partial charge on any atom is 0.241 e. The van der Waals surface area contributed by atoms with Gasteiger partial charge in [-0.15, -0.1) is 12.4 Å². The molecule has 0 aliphatic heterocycles. The molecule has 0 fully saturated rings. The molecule has 2 amide bonds. The maximum atomic E-state index is 12.2. The fraction of sp³-hybridized carbons (Fsp3) is 0.300. The Kier molecular flexibility index (Phi) is 9.25. The van der Waals surface area contributed by atoms with Gasteiger partial charge in [0.2, 0.25) is 11.8 Å². The Morgan fingerprint density at radius 2 is 1.82 bits per heavy atom. The van der Waals surface area contributed by atoms with E-state index >= 15 is 0 Å². The smallest absolute Gasteiger partial charge is 0.241 e. The van der Waals surface area contributed by atoms with Crippen LogP contribution in [-0.4, -0.2) is 25.5 Å². The van der Waals surface area contributed by atoms with E-state index in [4.69, 9.17) is 22.1 Å². The fourth-order valence-electron chi connectivity index (χ4n) is 2.48. The Labute approximate surface area is 176 Å². The number of aryl methyl sites for hydroxylation is 2. The van der Waals surface area contributed by atoms with E-state index in [-0.39, 0.29) is 37.2 Å². The summed E-state index contributed by atoms with van der Waals surface area (Å²) >= 11 is 6.06. The molecule has 1 unspecified atom stereocenters. The van der Waals surface area contributed by atoms with E-state index in [1.54, 1.807) is 12.1 Å². The minimum Gasteiger partial charge on any atom is -0.495 e. The van der Waals surface area contributed by atoms with Gasteiger partial charge in [0.05, 0.1) is 12.8 Å². The number of nitrogens with one attached hydrogen (secondary N) is 2. The molecule has 0 aliphatic carbocycles. The molecule has 2 aromatic rings. The number of anilines is 1. The zero-order valence-electron chi connectivity index (χ0n) is 16.0. The number of methoxy groups -OCH3 is 1. The monoisotopic (exact) mass is 425 g/mol. The second-order valence-corrected chi connectivity index (χ2v) is 6.69. The highest BCUT2D eigenvalue weighted by Crippen LogP contribution is 2.30. The number of benzene rings is 2. The van der Waals surface area contributed by atoms with Crippen LogP contribution in [0.3, 0.4) is 0 Å². The molecule has 0 bridgehead atoms. The molecule has 1 atom stereocenters. The lowest BCUT2D eigenvalue weighted by Crippen LogP contribution is -2.35. The molecule has 6 nitrogen and oxygen atoms in total. The van der Waals surface area contributed by atoms with E-state index in [1.165, 1.54) is 7.11 Å². The normalized spacial score (nSPS) is 11.2. The van der Waals surface area contributed by atoms with E-state index in [1.807, 2.05) is 38.1 Å². The summed E-state index contributed by atoms with van der Waals surface area (Å²) in [4.78, 5) is 24.3. The van der Waals surface area contributed by atoms with Crippen molar-refractivity contribution in [3.05, 3.63) is 58.1 Å². The van der Waals surface area contributed by atoms with Gasteiger partial charge >= 0.3 is 0 Å². The van der Waals surface area contributed by atoms with Gasteiger partial charge in [-0.05, 0) is 31.0 Å². The van der Waals surface area contributed by atoms with Crippen LogP contribution in [0.5, 0.6) is 5.75 Å². The van der Waals surface area contributed by atoms with Crippen LogP contribution in [0.4, 0.5) is 5.69 Å². The van der Waals surface area contributed by atoms with Crippen LogP contribution in [0.2, 0.25) is 5.02 Å². The van der Waals surface area contributed by atoms with Crippen molar-refractivity contribution in [1.29, 1.82) is 0 Å². The highest BCUT2D eigenvalue weighted by Gasteiger charge is 2.16. The molecule has 2 rings (SSSR count). The summed E-state index contributed by atoms with van der Waals surface area (Å²) in [6.07, 6.45) is 0.108.